The van der Waals surface area contributed by atoms with Crippen molar-refractivity contribution in [1.82, 2.24) is 4.90 Å². The van der Waals surface area contributed by atoms with Crippen molar-refractivity contribution >= 4 is 5.91 Å². The molecule has 0 spiro atoms. The second kappa shape index (κ2) is 5.83. The van der Waals surface area contributed by atoms with Crippen LogP contribution in [0, 0.1) is 17.5 Å². The van der Waals surface area contributed by atoms with Crippen molar-refractivity contribution < 1.29 is 18.0 Å². The normalized spacial score (nSPS) is 17.8. The van der Waals surface area contributed by atoms with E-state index in [4.69, 9.17) is 0 Å². The van der Waals surface area contributed by atoms with Gasteiger partial charge in [0.15, 0.2) is 0 Å². The molecule has 0 bridgehead atoms. The molecule has 1 unspecified atom stereocenters. The minimum absolute atomic E-state index is 0.353. The van der Waals surface area contributed by atoms with Gasteiger partial charge in [0, 0.05) is 12.1 Å². The van der Waals surface area contributed by atoms with Gasteiger partial charge in [0.25, 0.3) is 5.91 Å². The van der Waals surface area contributed by atoms with Crippen molar-refractivity contribution in [3.05, 3.63) is 71.0 Å². The van der Waals surface area contributed by atoms with Crippen LogP contribution in [0.2, 0.25) is 0 Å². The average Bonchev–Trinajstić information content (AvgIpc) is 2.96. The zero-order valence-corrected chi connectivity index (χ0v) is 11.7. The zero-order valence-electron chi connectivity index (χ0n) is 11.7. The molecule has 1 fully saturated rings. The summed E-state index contributed by atoms with van der Waals surface area (Å²) in [5.74, 6) is -2.95. The summed E-state index contributed by atoms with van der Waals surface area (Å²) in [4.78, 5) is 13.9. The summed E-state index contributed by atoms with van der Waals surface area (Å²) in [5, 5.41) is 0. The van der Waals surface area contributed by atoms with Crippen molar-refractivity contribution in [3.63, 3.8) is 0 Å². The molecule has 0 saturated carbocycles. The van der Waals surface area contributed by atoms with Crippen LogP contribution in [0.4, 0.5) is 13.2 Å². The van der Waals surface area contributed by atoms with Crippen LogP contribution in [0.15, 0.2) is 42.5 Å². The quantitative estimate of drug-likeness (QED) is 0.818. The molecule has 1 atom stereocenters. The number of benzene rings is 2. The van der Waals surface area contributed by atoms with Crippen LogP contribution < -0.4 is 0 Å². The summed E-state index contributed by atoms with van der Waals surface area (Å²) in [6.07, 6.45) is 1.24. The topological polar surface area (TPSA) is 20.3 Å². The molecule has 1 amide bonds. The largest absolute Gasteiger partial charge is 0.331 e. The Balaban J connectivity index is 1.97. The number of rotatable bonds is 2. The number of hydrogen-bond donors (Lipinski definition) is 0. The van der Waals surface area contributed by atoms with Gasteiger partial charge in [-0.2, -0.15) is 0 Å². The maximum Gasteiger partial charge on any atom is 0.260 e. The highest BCUT2D eigenvalue weighted by Gasteiger charge is 2.34. The van der Waals surface area contributed by atoms with Crippen molar-refractivity contribution in [3.8, 4) is 0 Å². The molecular weight excluding hydrogens is 291 g/mol. The fourth-order valence-corrected chi connectivity index (χ4v) is 2.92. The van der Waals surface area contributed by atoms with E-state index >= 15 is 0 Å². The summed E-state index contributed by atoms with van der Waals surface area (Å²) < 4.78 is 41.6. The molecule has 0 N–H and O–H groups in total. The van der Waals surface area contributed by atoms with E-state index in [1.165, 1.54) is 17.0 Å². The molecule has 2 aromatic carbocycles. The number of hydrogen-bond acceptors (Lipinski definition) is 1. The van der Waals surface area contributed by atoms with Gasteiger partial charge in [-0.05, 0) is 31.0 Å². The van der Waals surface area contributed by atoms with Crippen LogP contribution >= 0.6 is 0 Å². The Hall–Kier alpha value is -2.30. The molecule has 0 aromatic heterocycles. The first-order valence-electron chi connectivity index (χ1n) is 7.09. The van der Waals surface area contributed by atoms with Gasteiger partial charge in [-0.1, -0.05) is 24.3 Å². The lowest BCUT2D eigenvalue weighted by atomic mass is 10.0. The van der Waals surface area contributed by atoms with Gasteiger partial charge in [-0.3, -0.25) is 4.79 Å². The van der Waals surface area contributed by atoms with E-state index in [0.29, 0.717) is 24.9 Å². The van der Waals surface area contributed by atoms with Crippen LogP contribution in [0.1, 0.15) is 34.8 Å². The standard InChI is InChI=1S/C17H14F3NO/c18-12-6-2-1-5-11(12)15-9-4-10-21(15)17(22)16-13(19)7-3-8-14(16)20/h1-3,5-8,15H,4,9-10H2. The van der Waals surface area contributed by atoms with E-state index in [1.807, 2.05) is 0 Å². The molecule has 0 aliphatic carbocycles. The Bertz CT molecular complexity index is 697. The molecule has 2 nitrogen and oxygen atoms in total. The lowest BCUT2D eigenvalue weighted by Crippen LogP contribution is -2.32. The van der Waals surface area contributed by atoms with Gasteiger partial charge >= 0.3 is 0 Å². The Kier molecular flexibility index (Phi) is 3.88. The van der Waals surface area contributed by atoms with Gasteiger partial charge in [0.05, 0.1) is 6.04 Å². The molecule has 3 rings (SSSR count). The van der Waals surface area contributed by atoms with Crippen LogP contribution in [0.25, 0.3) is 0 Å². The summed E-state index contributed by atoms with van der Waals surface area (Å²) in [7, 11) is 0. The third kappa shape index (κ3) is 2.47. The monoisotopic (exact) mass is 305 g/mol. The predicted molar refractivity (Wildman–Crippen MR) is 75.8 cm³/mol. The van der Waals surface area contributed by atoms with E-state index in [0.717, 1.165) is 12.1 Å². The molecule has 5 heteroatoms. The van der Waals surface area contributed by atoms with E-state index in [9.17, 15) is 18.0 Å². The lowest BCUT2D eigenvalue weighted by molar-refractivity contribution is 0.0723. The van der Waals surface area contributed by atoms with Gasteiger partial charge in [0.2, 0.25) is 0 Å². The molecule has 0 radical (unpaired) electrons. The van der Waals surface area contributed by atoms with E-state index in [1.54, 1.807) is 18.2 Å². The summed E-state index contributed by atoms with van der Waals surface area (Å²) >= 11 is 0. The van der Waals surface area contributed by atoms with Crippen LogP contribution in [0.3, 0.4) is 0 Å². The highest BCUT2D eigenvalue weighted by molar-refractivity contribution is 5.95. The third-order valence-electron chi connectivity index (χ3n) is 3.95. The van der Waals surface area contributed by atoms with Gasteiger partial charge in [-0.25, -0.2) is 13.2 Å². The minimum atomic E-state index is -0.899. The Labute approximate surface area is 126 Å². The Morgan fingerprint density at radius 3 is 2.27 bits per heavy atom. The second-order valence-electron chi connectivity index (χ2n) is 5.27. The highest BCUT2D eigenvalue weighted by Crippen LogP contribution is 2.35. The summed E-state index contributed by atoms with van der Waals surface area (Å²) in [5.41, 5.74) is -0.198. The summed E-state index contributed by atoms with van der Waals surface area (Å²) in [6, 6.07) is 8.98. The van der Waals surface area contributed by atoms with E-state index < -0.39 is 35.0 Å². The maximum absolute atomic E-state index is 14.0. The summed E-state index contributed by atoms with van der Waals surface area (Å²) in [6.45, 7) is 0.353. The van der Waals surface area contributed by atoms with Crippen molar-refractivity contribution in [1.29, 1.82) is 0 Å². The molecule has 1 heterocycles. The number of carbonyl (C=O) groups is 1. The lowest BCUT2D eigenvalue weighted by Gasteiger charge is -2.25. The van der Waals surface area contributed by atoms with E-state index in [-0.39, 0.29) is 0 Å². The van der Waals surface area contributed by atoms with E-state index in [2.05, 4.69) is 0 Å². The zero-order chi connectivity index (χ0) is 15.7. The first-order valence-corrected chi connectivity index (χ1v) is 7.09. The molecule has 114 valence electrons. The number of carbonyl (C=O) groups excluding carboxylic acids is 1. The van der Waals surface area contributed by atoms with Crippen molar-refractivity contribution in [2.45, 2.75) is 18.9 Å². The van der Waals surface area contributed by atoms with Crippen molar-refractivity contribution in [2.75, 3.05) is 6.54 Å². The molecule has 1 aliphatic heterocycles. The molecule has 1 aliphatic rings. The van der Waals surface area contributed by atoms with Crippen LogP contribution in [-0.4, -0.2) is 17.4 Å². The Morgan fingerprint density at radius 1 is 0.955 bits per heavy atom. The van der Waals surface area contributed by atoms with Gasteiger partial charge in [-0.15, -0.1) is 0 Å². The number of likely N-dealkylation sites (tertiary alicyclic amines) is 1. The molecule has 22 heavy (non-hydrogen) atoms. The van der Waals surface area contributed by atoms with Crippen molar-refractivity contribution in [2.24, 2.45) is 0 Å². The smallest absolute Gasteiger partial charge is 0.260 e. The predicted octanol–water partition coefficient (Wildman–Crippen LogP) is 4.08. The molecule has 1 saturated heterocycles. The first kappa shape index (κ1) is 14.6. The minimum Gasteiger partial charge on any atom is -0.331 e. The first-order chi connectivity index (χ1) is 10.6. The molecule has 2 aromatic rings. The molecular formula is C17H14F3NO. The SMILES string of the molecule is O=C(c1c(F)cccc1F)N1CCCC1c1ccccc1F. The highest BCUT2D eigenvalue weighted by atomic mass is 19.1. The van der Waals surface area contributed by atoms with Crippen LogP contribution in [0.5, 0.6) is 0 Å². The number of nitrogens with zero attached hydrogens (tertiary/aromatic N) is 1. The van der Waals surface area contributed by atoms with Crippen LogP contribution in [-0.2, 0) is 0 Å². The van der Waals surface area contributed by atoms with Gasteiger partial charge < -0.3 is 4.90 Å². The maximum atomic E-state index is 14.0. The fourth-order valence-electron chi connectivity index (χ4n) is 2.92. The average molecular weight is 305 g/mol. The van der Waals surface area contributed by atoms with Gasteiger partial charge in [0.1, 0.15) is 23.0 Å². The third-order valence-corrected chi connectivity index (χ3v) is 3.95. The second-order valence-corrected chi connectivity index (χ2v) is 5.27. The fraction of sp³-hybridized carbons (Fsp3) is 0.235. The number of halogens is 3. The number of amides is 1. The Morgan fingerprint density at radius 2 is 1.59 bits per heavy atom.